The molecule has 0 radical (unpaired) electrons. The van der Waals surface area contributed by atoms with Crippen molar-refractivity contribution in [1.29, 1.82) is 0 Å². The van der Waals surface area contributed by atoms with Crippen LogP contribution in [0.2, 0.25) is 0 Å². The van der Waals surface area contributed by atoms with E-state index in [4.69, 9.17) is 0 Å². The molecule has 9 heteroatoms. The lowest BCUT2D eigenvalue weighted by Gasteiger charge is -2.25. The fourth-order valence-corrected chi connectivity index (χ4v) is 4.21. The largest absolute Gasteiger partial charge is 0.469 e. The fraction of sp³-hybridized carbons (Fsp3) is 0.500. The zero-order chi connectivity index (χ0) is 18.4. The summed E-state index contributed by atoms with van der Waals surface area (Å²) >= 11 is 0. The number of nitrogens with one attached hydrogen (secondary N) is 2. The van der Waals surface area contributed by atoms with Crippen LogP contribution < -0.4 is 10.6 Å². The summed E-state index contributed by atoms with van der Waals surface area (Å²) in [5.74, 6) is -0.426. The van der Waals surface area contributed by atoms with E-state index in [0.29, 0.717) is 19.4 Å². The molecule has 0 spiro atoms. The highest BCUT2D eigenvalue weighted by molar-refractivity contribution is 7.89. The Morgan fingerprint density at radius 3 is 2.60 bits per heavy atom. The van der Waals surface area contributed by atoms with Crippen molar-refractivity contribution in [2.24, 2.45) is 0 Å². The Kier molecular flexibility index (Phi) is 6.38. The van der Waals surface area contributed by atoms with E-state index in [1.807, 2.05) is 6.92 Å². The van der Waals surface area contributed by atoms with Crippen LogP contribution in [0, 0.1) is 6.92 Å². The highest BCUT2D eigenvalue weighted by Crippen LogP contribution is 2.24. The smallest absolute Gasteiger partial charge is 0.316 e. The number of aryl methyl sites for hydroxylation is 1. The van der Waals surface area contributed by atoms with Gasteiger partial charge in [-0.1, -0.05) is 17.7 Å². The number of hydrogen-bond acceptors (Lipinski definition) is 5. The molecule has 1 aliphatic rings. The minimum absolute atomic E-state index is 0.0555. The molecular formula is C16H23N3O5S. The van der Waals surface area contributed by atoms with Crippen LogP contribution in [0.4, 0.5) is 4.79 Å². The fourth-order valence-electron chi connectivity index (χ4n) is 2.60. The van der Waals surface area contributed by atoms with Crippen molar-refractivity contribution < 1.29 is 22.7 Å². The molecule has 8 nitrogen and oxygen atoms in total. The highest BCUT2D eigenvalue weighted by atomic mass is 32.2. The van der Waals surface area contributed by atoms with Crippen LogP contribution in [0.1, 0.15) is 24.8 Å². The molecule has 0 aromatic heterocycles. The number of benzene rings is 1. The van der Waals surface area contributed by atoms with Crippen molar-refractivity contribution in [3.8, 4) is 0 Å². The summed E-state index contributed by atoms with van der Waals surface area (Å²) in [6, 6.07) is 6.10. The van der Waals surface area contributed by atoms with Crippen molar-refractivity contribution >= 4 is 22.0 Å². The molecule has 138 valence electrons. The standard InChI is InChI=1S/C16H23N3O5S/c1-12-5-7-13(8-6-12)25(22,23)19-11-3-4-14(19)18-16(21)17-10-9-15(20)24-2/h5-8,14H,3-4,9-11H2,1-2H3,(H2,17,18,21). The monoisotopic (exact) mass is 369 g/mol. The zero-order valence-electron chi connectivity index (χ0n) is 14.3. The van der Waals surface area contributed by atoms with Gasteiger partial charge in [0.25, 0.3) is 0 Å². The predicted molar refractivity (Wildman–Crippen MR) is 91.3 cm³/mol. The quantitative estimate of drug-likeness (QED) is 0.727. The van der Waals surface area contributed by atoms with Crippen LogP contribution in [-0.2, 0) is 19.6 Å². The molecule has 1 heterocycles. The van der Waals surface area contributed by atoms with E-state index < -0.39 is 28.2 Å². The Labute approximate surface area is 147 Å². The summed E-state index contributed by atoms with van der Waals surface area (Å²) in [5, 5.41) is 5.17. The van der Waals surface area contributed by atoms with E-state index in [1.165, 1.54) is 11.4 Å². The van der Waals surface area contributed by atoms with Gasteiger partial charge in [-0.2, -0.15) is 4.31 Å². The van der Waals surface area contributed by atoms with E-state index in [0.717, 1.165) is 5.56 Å². The molecule has 0 bridgehead atoms. The first-order valence-corrected chi connectivity index (χ1v) is 9.48. The molecule has 1 atom stereocenters. The predicted octanol–water partition coefficient (Wildman–Crippen LogP) is 0.968. The minimum atomic E-state index is -3.67. The van der Waals surface area contributed by atoms with Crippen molar-refractivity contribution in [3.63, 3.8) is 0 Å². The summed E-state index contributed by atoms with van der Waals surface area (Å²) in [6.45, 7) is 2.36. The molecule has 0 aliphatic carbocycles. The lowest BCUT2D eigenvalue weighted by atomic mass is 10.2. The average Bonchev–Trinajstić information content (AvgIpc) is 3.04. The van der Waals surface area contributed by atoms with Gasteiger partial charge in [-0.3, -0.25) is 4.79 Å². The van der Waals surface area contributed by atoms with Gasteiger partial charge in [0.2, 0.25) is 10.0 Å². The number of nitrogens with zero attached hydrogens (tertiary/aromatic N) is 1. The first-order chi connectivity index (χ1) is 11.8. The van der Waals surface area contributed by atoms with Crippen molar-refractivity contribution in [2.45, 2.75) is 37.2 Å². The SMILES string of the molecule is COC(=O)CCNC(=O)NC1CCCN1S(=O)(=O)c1ccc(C)cc1. The zero-order valence-corrected chi connectivity index (χ0v) is 15.1. The van der Waals surface area contributed by atoms with Gasteiger partial charge in [0.15, 0.2) is 0 Å². The molecule has 1 aromatic rings. The average molecular weight is 369 g/mol. The van der Waals surface area contributed by atoms with Crippen LogP contribution in [0.3, 0.4) is 0 Å². The first-order valence-electron chi connectivity index (χ1n) is 8.04. The number of urea groups is 1. The van der Waals surface area contributed by atoms with Gasteiger partial charge in [-0.05, 0) is 31.9 Å². The maximum atomic E-state index is 12.8. The summed E-state index contributed by atoms with van der Waals surface area (Å²) in [5.41, 5.74) is 0.972. The third-order valence-electron chi connectivity index (χ3n) is 3.97. The summed E-state index contributed by atoms with van der Waals surface area (Å²) in [7, 11) is -2.40. The molecule has 1 saturated heterocycles. The number of rotatable bonds is 6. The summed E-state index contributed by atoms with van der Waals surface area (Å²) < 4.78 is 31.3. The molecule has 2 N–H and O–H groups in total. The van der Waals surface area contributed by atoms with Crippen LogP contribution in [0.15, 0.2) is 29.2 Å². The molecule has 1 aliphatic heterocycles. The maximum Gasteiger partial charge on any atom is 0.316 e. The topological polar surface area (TPSA) is 105 Å². The number of hydrogen-bond donors (Lipinski definition) is 2. The Bertz CT molecular complexity index is 718. The Morgan fingerprint density at radius 1 is 1.28 bits per heavy atom. The van der Waals surface area contributed by atoms with Crippen molar-refractivity contribution in [1.82, 2.24) is 14.9 Å². The molecule has 25 heavy (non-hydrogen) atoms. The number of carbonyl (C=O) groups excluding carboxylic acids is 2. The summed E-state index contributed by atoms with van der Waals surface area (Å²) in [4.78, 5) is 23.2. The second-order valence-corrected chi connectivity index (χ2v) is 7.70. The third-order valence-corrected chi connectivity index (χ3v) is 5.89. The van der Waals surface area contributed by atoms with Crippen LogP contribution in [0.5, 0.6) is 0 Å². The van der Waals surface area contributed by atoms with E-state index >= 15 is 0 Å². The first kappa shape index (κ1) is 19.2. The molecular weight excluding hydrogens is 346 g/mol. The molecule has 1 unspecified atom stereocenters. The van der Waals surface area contributed by atoms with E-state index in [-0.39, 0.29) is 17.9 Å². The Morgan fingerprint density at radius 2 is 1.96 bits per heavy atom. The number of carbonyl (C=O) groups is 2. The van der Waals surface area contributed by atoms with Gasteiger partial charge in [-0.15, -0.1) is 0 Å². The van der Waals surface area contributed by atoms with Crippen molar-refractivity contribution in [3.05, 3.63) is 29.8 Å². The number of esters is 1. The second-order valence-electron chi connectivity index (χ2n) is 5.81. The van der Waals surface area contributed by atoms with E-state index in [2.05, 4.69) is 15.4 Å². The number of sulfonamides is 1. The molecule has 2 amide bonds. The normalized spacial score (nSPS) is 17.9. The minimum Gasteiger partial charge on any atom is -0.469 e. The van der Waals surface area contributed by atoms with Gasteiger partial charge in [-0.25, -0.2) is 13.2 Å². The number of ether oxygens (including phenoxy) is 1. The van der Waals surface area contributed by atoms with Gasteiger partial charge >= 0.3 is 12.0 Å². The lowest BCUT2D eigenvalue weighted by molar-refractivity contribution is -0.140. The van der Waals surface area contributed by atoms with Gasteiger partial charge in [0, 0.05) is 13.1 Å². The van der Waals surface area contributed by atoms with Crippen LogP contribution in [0.25, 0.3) is 0 Å². The van der Waals surface area contributed by atoms with Gasteiger partial charge in [0.05, 0.1) is 24.6 Å². The maximum absolute atomic E-state index is 12.8. The summed E-state index contributed by atoms with van der Waals surface area (Å²) in [6.07, 6.45) is 0.651. The van der Waals surface area contributed by atoms with Gasteiger partial charge in [0.1, 0.15) is 0 Å². The lowest BCUT2D eigenvalue weighted by Crippen LogP contribution is -2.50. The Hall–Kier alpha value is -2.13. The molecule has 2 rings (SSSR count). The van der Waals surface area contributed by atoms with Crippen LogP contribution >= 0.6 is 0 Å². The molecule has 1 aromatic carbocycles. The highest BCUT2D eigenvalue weighted by Gasteiger charge is 2.36. The molecule has 1 fully saturated rings. The van der Waals surface area contributed by atoms with E-state index in [1.54, 1.807) is 24.3 Å². The second kappa shape index (κ2) is 8.30. The van der Waals surface area contributed by atoms with E-state index in [9.17, 15) is 18.0 Å². The molecule has 0 saturated carbocycles. The third kappa shape index (κ3) is 4.93. The Balaban J connectivity index is 1.98. The van der Waals surface area contributed by atoms with Crippen molar-refractivity contribution in [2.75, 3.05) is 20.2 Å². The number of methoxy groups -OCH3 is 1. The van der Waals surface area contributed by atoms with Crippen LogP contribution in [-0.4, -0.2) is 51.1 Å². The van der Waals surface area contributed by atoms with Gasteiger partial charge < -0.3 is 15.4 Å². The number of amides is 2.